The number of amides is 1. The van der Waals surface area contributed by atoms with E-state index >= 15 is 0 Å². The highest BCUT2D eigenvalue weighted by Gasteiger charge is 2.34. The first-order valence-electron chi connectivity index (χ1n) is 9.11. The third-order valence-corrected chi connectivity index (χ3v) is 6.76. The summed E-state index contributed by atoms with van der Waals surface area (Å²) in [4.78, 5) is 18.4. The number of ether oxygens (including phenoxy) is 2. The van der Waals surface area contributed by atoms with E-state index in [2.05, 4.69) is 9.71 Å². The first-order valence-corrected chi connectivity index (χ1v) is 11.5. The molecule has 1 fully saturated rings. The summed E-state index contributed by atoms with van der Waals surface area (Å²) in [6.07, 6.45) is 1.45. The molecule has 158 valence electrons. The number of nitrogens with zero attached hydrogens (tertiary/aromatic N) is 2. The van der Waals surface area contributed by atoms with Gasteiger partial charge in [-0.3, -0.25) is 9.52 Å². The fourth-order valence-corrected chi connectivity index (χ4v) is 4.90. The molecule has 1 atom stereocenters. The summed E-state index contributed by atoms with van der Waals surface area (Å²) >= 11 is 1.20. The van der Waals surface area contributed by atoms with Gasteiger partial charge in [-0.2, -0.15) is 0 Å². The van der Waals surface area contributed by atoms with Gasteiger partial charge in [-0.05, 0) is 36.4 Å². The van der Waals surface area contributed by atoms with Crippen LogP contribution in [0.15, 0.2) is 65.0 Å². The SMILES string of the molecule is COc1cccc(OC2CCN(c3ccc(S(=O)(=O)Nc4nccs4)cc3)C2=O)c1.[HH]. The molecule has 8 nitrogen and oxygen atoms in total. The monoisotopic (exact) mass is 447 g/mol. The van der Waals surface area contributed by atoms with Crippen molar-refractivity contribution in [3.63, 3.8) is 0 Å². The third-order valence-electron chi connectivity index (χ3n) is 4.59. The van der Waals surface area contributed by atoms with Crippen molar-refractivity contribution in [1.82, 2.24) is 4.98 Å². The maximum atomic E-state index is 12.8. The third kappa shape index (κ3) is 4.24. The van der Waals surface area contributed by atoms with Gasteiger partial charge in [-0.25, -0.2) is 13.4 Å². The van der Waals surface area contributed by atoms with Crippen LogP contribution in [0.3, 0.4) is 0 Å². The lowest BCUT2D eigenvalue weighted by Crippen LogP contribution is -2.32. The molecule has 0 saturated carbocycles. The van der Waals surface area contributed by atoms with Gasteiger partial charge in [0.25, 0.3) is 15.9 Å². The van der Waals surface area contributed by atoms with Gasteiger partial charge in [0.15, 0.2) is 11.2 Å². The molecule has 0 radical (unpaired) electrons. The summed E-state index contributed by atoms with van der Waals surface area (Å²) in [7, 11) is -2.17. The molecule has 0 spiro atoms. The lowest BCUT2D eigenvalue weighted by atomic mass is 10.3. The predicted octanol–water partition coefficient (Wildman–Crippen LogP) is 3.38. The van der Waals surface area contributed by atoms with Gasteiger partial charge >= 0.3 is 0 Å². The van der Waals surface area contributed by atoms with Crippen LogP contribution in [0.5, 0.6) is 11.5 Å². The van der Waals surface area contributed by atoms with Crippen molar-refractivity contribution in [3.8, 4) is 11.5 Å². The zero-order valence-electron chi connectivity index (χ0n) is 16.0. The molecule has 3 aromatic rings. The summed E-state index contributed by atoms with van der Waals surface area (Å²) in [6.45, 7) is 0.483. The second-order valence-electron chi connectivity index (χ2n) is 6.50. The van der Waals surface area contributed by atoms with Crippen LogP contribution in [0.1, 0.15) is 7.85 Å². The van der Waals surface area contributed by atoms with Crippen LogP contribution in [-0.2, 0) is 14.8 Å². The molecule has 30 heavy (non-hydrogen) atoms. The number of carbonyl (C=O) groups excluding carboxylic acids is 1. The van der Waals surface area contributed by atoms with Gasteiger partial charge in [-0.1, -0.05) is 6.07 Å². The van der Waals surface area contributed by atoms with Gasteiger partial charge < -0.3 is 14.4 Å². The predicted molar refractivity (Wildman–Crippen MR) is 116 cm³/mol. The molecule has 1 aliphatic rings. The number of hydrogen-bond donors (Lipinski definition) is 1. The standard InChI is InChI=1S/C20H19N3O5S2.H2/c1-27-15-3-2-4-16(13-15)28-18-9-11-23(19(18)24)14-5-7-17(8-6-14)30(25,26)22-20-21-10-12-29-20;/h2-8,10,12-13,18H,9,11H2,1H3,(H,21,22);1H. The Morgan fingerprint density at radius 1 is 1.20 bits per heavy atom. The van der Waals surface area contributed by atoms with Crippen molar-refractivity contribution in [2.45, 2.75) is 17.4 Å². The topological polar surface area (TPSA) is 97.8 Å². The Bertz CT molecular complexity index is 1140. The number of aromatic nitrogens is 1. The molecule has 2 heterocycles. The zero-order valence-corrected chi connectivity index (χ0v) is 17.7. The molecule has 1 aromatic heterocycles. The number of nitrogens with one attached hydrogen (secondary N) is 1. The van der Waals surface area contributed by atoms with Crippen molar-refractivity contribution in [3.05, 3.63) is 60.1 Å². The smallest absolute Gasteiger partial charge is 0.268 e. The van der Waals surface area contributed by atoms with Crippen LogP contribution in [0.2, 0.25) is 0 Å². The number of thiazole rings is 1. The lowest BCUT2D eigenvalue weighted by molar-refractivity contribution is -0.122. The summed E-state index contributed by atoms with van der Waals surface area (Å²) in [5.74, 6) is 1.04. The van der Waals surface area contributed by atoms with E-state index < -0.39 is 16.1 Å². The molecule has 1 amide bonds. The largest absolute Gasteiger partial charge is 0.497 e. The second-order valence-corrected chi connectivity index (χ2v) is 9.08. The minimum Gasteiger partial charge on any atom is -0.497 e. The maximum Gasteiger partial charge on any atom is 0.268 e. The summed E-state index contributed by atoms with van der Waals surface area (Å²) in [5.41, 5.74) is 0.616. The molecule has 0 aliphatic carbocycles. The van der Waals surface area contributed by atoms with Crippen molar-refractivity contribution in [2.75, 3.05) is 23.3 Å². The lowest BCUT2D eigenvalue weighted by Gasteiger charge is -2.18. The zero-order chi connectivity index (χ0) is 21.1. The highest BCUT2D eigenvalue weighted by molar-refractivity contribution is 7.93. The number of carbonyl (C=O) groups is 1. The first kappa shape index (κ1) is 20.2. The van der Waals surface area contributed by atoms with E-state index in [-0.39, 0.29) is 12.2 Å². The Labute approximate surface area is 179 Å². The molecule has 1 aliphatic heterocycles. The molecule has 1 saturated heterocycles. The summed E-state index contributed by atoms with van der Waals surface area (Å²) < 4.78 is 38.3. The van der Waals surface area contributed by atoms with Gasteiger partial charge in [-0.15, -0.1) is 11.3 Å². The van der Waals surface area contributed by atoms with Gasteiger partial charge in [0, 0.05) is 37.7 Å². The molecule has 0 bridgehead atoms. The van der Waals surface area contributed by atoms with E-state index in [0.717, 1.165) is 0 Å². The van der Waals surface area contributed by atoms with Crippen LogP contribution in [-0.4, -0.2) is 39.1 Å². The normalized spacial score (nSPS) is 16.5. The Morgan fingerprint density at radius 2 is 1.97 bits per heavy atom. The van der Waals surface area contributed by atoms with Crippen LogP contribution >= 0.6 is 11.3 Å². The second kappa shape index (κ2) is 8.33. The minimum absolute atomic E-state index is 0. The average Bonchev–Trinajstić information content (AvgIpc) is 3.38. The number of hydrogen-bond acceptors (Lipinski definition) is 7. The minimum atomic E-state index is -3.74. The molecule has 2 aromatic carbocycles. The quantitative estimate of drug-likeness (QED) is 0.596. The van der Waals surface area contributed by atoms with Gasteiger partial charge in [0.1, 0.15) is 11.5 Å². The van der Waals surface area contributed by atoms with Crippen molar-refractivity contribution < 1.29 is 24.1 Å². The van der Waals surface area contributed by atoms with E-state index in [1.807, 2.05) is 0 Å². The maximum absolute atomic E-state index is 12.8. The average molecular weight is 448 g/mol. The number of benzene rings is 2. The number of sulfonamides is 1. The van der Waals surface area contributed by atoms with Gasteiger partial charge in [0.05, 0.1) is 12.0 Å². The van der Waals surface area contributed by atoms with Crippen molar-refractivity contribution >= 4 is 38.1 Å². The van der Waals surface area contributed by atoms with Crippen LogP contribution in [0.4, 0.5) is 10.8 Å². The fourth-order valence-electron chi connectivity index (χ4n) is 3.11. The fraction of sp³-hybridized carbons (Fsp3) is 0.200. The van der Waals surface area contributed by atoms with Crippen LogP contribution in [0, 0.1) is 0 Å². The summed E-state index contributed by atoms with van der Waals surface area (Å²) in [5, 5.41) is 1.98. The molecule has 1 N–H and O–H groups in total. The van der Waals surface area contributed by atoms with E-state index in [1.165, 1.54) is 29.7 Å². The van der Waals surface area contributed by atoms with E-state index in [0.29, 0.717) is 35.3 Å². The molecular weight excluding hydrogens is 426 g/mol. The van der Waals surface area contributed by atoms with E-state index in [9.17, 15) is 13.2 Å². The van der Waals surface area contributed by atoms with Crippen LogP contribution < -0.4 is 19.1 Å². The Morgan fingerprint density at radius 3 is 2.67 bits per heavy atom. The number of methoxy groups -OCH3 is 1. The Balaban J connectivity index is 0.00000272. The number of rotatable bonds is 7. The van der Waals surface area contributed by atoms with E-state index in [4.69, 9.17) is 9.47 Å². The summed E-state index contributed by atoms with van der Waals surface area (Å²) in [6, 6.07) is 13.3. The molecule has 10 heteroatoms. The Kier molecular flexibility index (Phi) is 5.60. The molecule has 1 unspecified atom stereocenters. The number of anilines is 2. The molecule has 4 rings (SSSR count). The molecular formula is C20H21N3O5S2. The Hall–Kier alpha value is -3.11. The highest BCUT2D eigenvalue weighted by Crippen LogP contribution is 2.28. The highest BCUT2D eigenvalue weighted by atomic mass is 32.2. The van der Waals surface area contributed by atoms with E-state index in [1.54, 1.807) is 53.8 Å². The van der Waals surface area contributed by atoms with Crippen molar-refractivity contribution in [1.29, 1.82) is 0 Å². The van der Waals surface area contributed by atoms with Gasteiger partial charge in [0.2, 0.25) is 0 Å². The van der Waals surface area contributed by atoms with Crippen molar-refractivity contribution in [2.24, 2.45) is 0 Å². The van der Waals surface area contributed by atoms with Crippen LogP contribution in [0.25, 0.3) is 0 Å². The first-order chi connectivity index (χ1) is 14.5.